The maximum Gasteiger partial charge on any atom is 0.140 e. The molecule has 0 saturated heterocycles. The van der Waals surface area contributed by atoms with E-state index < -0.39 is 0 Å². The minimum atomic E-state index is 0.0773. The number of hydrogen-bond acceptors (Lipinski definition) is 3. The zero-order valence-corrected chi connectivity index (χ0v) is 8.44. The fourth-order valence-electron chi connectivity index (χ4n) is 1.34. The van der Waals surface area contributed by atoms with E-state index in [4.69, 9.17) is 5.11 Å². The molecule has 1 aromatic heterocycles. The number of nitrogens with zero attached hydrogens (tertiary/aromatic N) is 2. The summed E-state index contributed by atoms with van der Waals surface area (Å²) >= 11 is 0. The number of aromatic nitrogens is 2. The van der Waals surface area contributed by atoms with Crippen molar-refractivity contribution < 1.29 is 9.90 Å². The lowest BCUT2D eigenvalue weighted by Gasteiger charge is -2.03. The number of Topliss-reactive ketones (excluding diaryl/α,β-unsaturated/α-hetero) is 1. The zero-order chi connectivity index (χ0) is 10.4. The van der Waals surface area contributed by atoms with Crippen molar-refractivity contribution in [2.24, 2.45) is 0 Å². The predicted molar refractivity (Wildman–Crippen MR) is 52.9 cm³/mol. The topological polar surface area (TPSA) is 55.1 Å². The van der Waals surface area contributed by atoms with E-state index in [0.29, 0.717) is 19.3 Å². The monoisotopic (exact) mass is 196 g/mol. The van der Waals surface area contributed by atoms with Crippen LogP contribution in [0.3, 0.4) is 0 Å². The third-order valence-electron chi connectivity index (χ3n) is 2.11. The molecule has 0 radical (unpaired) electrons. The number of aryl methyl sites for hydroxylation is 1. The molecule has 1 N–H and O–H groups in total. The second-order valence-corrected chi connectivity index (χ2v) is 3.17. The molecule has 0 aliphatic rings. The molecule has 1 heterocycles. The van der Waals surface area contributed by atoms with Gasteiger partial charge in [0.15, 0.2) is 0 Å². The first-order valence-electron chi connectivity index (χ1n) is 4.90. The minimum absolute atomic E-state index is 0.0773. The molecule has 0 unspecified atom stereocenters. The molecule has 1 aromatic rings. The third-order valence-corrected chi connectivity index (χ3v) is 2.11. The van der Waals surface area contributed by atoms with Gasteiger partial charge in [0.05, 0.1) is 6.42 Å². The number of ketones is 1. The Bertz CT molecular complexity index is 294. The van der Waals surface area contributed by atoms with Crippen LogP contribution in [0.2, 0.25) is 0 Å². The van der Waals surface area contributed by atoms with Gasteiger partial charge in [0.25, 0.3) is 0 Å². The van der Waals surface area contributed by atoms with Gasteiger partial charge in [-0.3, -0.25) is 4.79 Å². The van der Waals surface area contributed by atoms with Gasteiger partial charge in [-0.2, -0.15) is 0 Å². The van der Waals surface area contributed by atoms with Crippen LogP contribution in [0.5, 0.6) is 0 Å². The lowest BCUT2D eigenvalue weighted by Crippen LogP contribution is -2.09. The van der Waals surface area contributed by atoms with E-state index in [1.165, 1.54) is 0 Å². The molecule has 0 spiro atoms. The molecule has 14 heavy (non-hydrogen) atoms. The molecule has 0 aromatic carbocycles. The largest absolute Gasteiger partial charge is 0.396 e. The van der Waals surface area contributed by atoms with Gasteiger partial charge in [-0.1, -0.05) is 0 Å². The summed E-state index contributed by atoms with van der Waals surface area (Å²) in [6.07, 6.45) is 4.94. The second-order valence-electron chi connectivity index (χ2n) is 3.17. The highest BCUT2D eigenvalue weighted by molar-refractivity contribution is 5.80. The maximum atomic E-state index is 11.4. The van der Waals surface area contributed by atoms with E-state index in [9.17, 15) is 4.79 Å². The lowest BCUT2D eigenvalue weighted by molar-refractivity contribution is -0.118. The number of rotatable bonds is 6. The van der Waals surface area contributed by atoms with Crippen molar-refractivity contribution in [2.45, 2.75) is 32.7 Å². The first-order chi connectivity index (χ1) is 6.77. The first-order valence-corrected chi connectivity index (χ1v) is 4.90. The molecule has 4 heteroatoms. The first kappa shape index (κ1) is 10.9. The van der Waals surface area contributed by atoms with E-state index in [-0.39, 0.29) is 12.4 Å². The Morgan fingerprint density at radius 1 is 1.64 bits per heavy atom. The van der Waals surface area contributed by atoms with Crippen LogP contribution in [0.25, 0.3) is 0 Å². The fourth-order valence-corrected chi connectivity index (χ4v) is 1.34. The summed E-state index contributed by atoms with van der Waals surface area (Å²) in [5.41, 5.74) is 0. The van der Waals surface area contributed by atoms with Gasteiger partial charge in [-0.25, -0.2) is 4.98 Å². The summed E-state index contributed by atoms with van der Waals surface area (Å²) in [6, 6.07) is 0. The summed E-state index contributed by atoms with van der Waals surface area (Å²) in [7, 11) is 0. The molecule has 0 saturated carbocycles. The maximum absolute atomic E-state index is 11.4. The van der Waals surface area contributed by atoms with Gasteiger partial charge in [-0.15, -0.1) is 0 Å². The standard InChI is InChI=1S/C10H16N2O2/c1-2-12-6-5-11-10(12)8-9(14)4-3-7-13/h5-6,13H,2-4,7-8H2,1H3. The number of carbonyl (C=O) groups is 1. The average molecular weight is 196 g/mol. The molecule has 4 nitrogen and oxygen atoms in total. The molecule has 78 valence electrons. The highest BCUT2D eigenvalue weighted by Crippen LogP contribution is 2.02. The second kappa shape index (κ2) is 5.54. The Morgan fingerprint density at radius 3 is 3.07 bits per heavy atom. The smallest absolute Gasteiger partial charge is 0.140 e. The number of aliphatic hydroxyl groups is 1. The summed E-state index contributed by atoms with van der Waals surface area (Å²) < 4.78 is 1.96. The summed E-state index contributed by atoms with van der Waals surface area (Å²) in [5, 5.41) is 8.57. The highest BCUT2D eigenvalue weighted by Gasteiger charge is 2.07. The Balaban J connectivity index is 2.47. The summed E-state index contributed by atoms with van der Waals surface area (Å²) in [6.45, 7) is 2.93. The van der Waals surface area contributed by atoms with Gasteiger partial charge < -0.3 is 9.67 Å². The number of aliphatic hydroxyl groups excluding tert-OH is 1. The van der Waals surface area contributed by atoms with Gasteiger partial charge in [0.1, 0.15) is 11.6 Å². The Labute approximate surface area is 83.6 Å². The quantitative estimate of drug-likeness (QED) is 0.731. The van der Waals surface area contributed by atoms with E-state index in [0.717, 1.165) is 12.4 Å². The third kappa shape index (κ3) is 2.96. The molecule has 0 amide bonds. The van der Waals surface area contributed by atoms with E-state index in [1.807, 2.05) is 17.7 Å². The Kier molecular flexibility index (Phi) is 4.32. The SMILES string of the molecule is CCn1ccnc1CC(=O)CCCO. The van der Waals surface area contributed by atoms with Crippen LogP contribution in [0.1, 0.15) is 25.6 Å². The predicted octanol–water partition coefficient (Wildman–Crippen LogP) is 0.787. The van der Waals surface area contributed by atoms with Crippen LogP contribution in [0.4, 0.5) is 0 Å². The molecule has 1 rings (SSSR count). The number of imidazole rings is 1. The van der Waals surface area contributed by atoms with Crippen molar-refractivity contribution in [3.63, 3.8) is 0 Å². The molecule has 0 atom stereocenters. The number of hydrogen-bond donors (Lipinski definition) is 1. The summed E-state index contributed by atoms with van der Waals surface area (Å²) in [5.74, 6) is 0.954. The number of carbonyl (C=O) groups excluding carboxylic acids is 1. The average Bonchev–Trinajstić information content (AvgIpc) is 2.62. The van der Waals surface area contributed by atoms with Gasteiger partial charge in [-0.05, 0) is 13.3 Å². The van der Waals surface area contributed by atoms with Crippen LogP contribution >= 0.6 is 0 Å². The fraction of sp³-hybridized carbons (Fsp3) is 0.600. The van der Waals surface area contributed by atoms with E-state index in [2.05, 4.69) is 4.98 Å². The van der Waals surface area contributed by atoms with Crippen LogP contribution in [0, 0.1) is 0 Å². The molecular weight excluding hydrogens is 180 g/mol. The summed E-state index contributed by atoms with van der Waals surface area (Å²) in [4.78, 5) is 15.5. The molecule has 0 fully saturated rings. The van der Waals surface area contributed by atoms with Gasteiger partial charge in [0.2, 0.25) is 0 Å². The van der Waals surface area contributed by atoms with E-state index in [1.54, 1.807) is 6.20 Å². The molecule has 0 aliphatic carbocycles. The van der Waals surface area contributed by atoms with Crippen molar-refractivity contribution in [2.75, 3.05) is 6.61 Å². The molecule has 0 aliphatic heterocycles. The Morgan fingerprint density at radius 2 is 2.43 bits per heavy atom. The highest BCUT2D eigenvalue weighted by atomic mass is 16.3. The minimum Gasteiger partial charge on any atom is -0.396 e. The zero-order valence-electron chi connectivity index (χ0n) is 8.44. The van der Waals surface area contributed by atoms with Crippen LogP contribution in [-0.4, -0.2) is 27.0 Å². The van der Waals surface area contributed by atoms with Crippen molar-refractivity contribution in [1.29, 1.82) is 0 Å². The molecule has 0 bridgehead atoms. The molecular formula is C10H16N2O2. The van der Waals surface area contributed by atoms with Crippen LogP contribution in [0.15, 0.2) is 12.4 Å². The van der Waals surface area contributed by atoms with Crippen LogP contribution < -0.4 is 0 Å². The van der Waals surface area contributed by atoms with Gasteiger partial charge >= 0.3 is 0 Å². The normalized spacial score (nSPS) is 10.4. The van der Waals surface area contributed by atoms with E-state index >= 15 is 0 Å². The van der Waals surface area contributed by atoms with Crippen molar-refractivity contribution >= 4 is 5.78 Å². The Hall–Kier alpha value is -1.16. The van der Waals surface area contributed by atoms with Crippen LogP contribution in [-0.2, 0) is 17.8 Å². The van der Waals surface area contributed by atoms with Crippen molar-refractivity contribution in [3.05, 3.63) is 18.2 Å². The lowest BCUT2D eigenvalue weighted by atomic mass is 10.1. The van der Waals surface area contributed by atoms with Crippen molar-refractivity contribution in [3.8, 4) is 0 Å². The van der Waals surface area contributed by atoms with Gasteiger partial charge in [0, 0.05) is 32.0 Å². The van der Waals surface area contributed by atoms with Crippen molar-refractivity contribution in [1.82, 2.24) is 9.55 Å².